The molecule has 2 heterocycles. The van der Waals surface area contributed by atoms with Crippen molar-refractivity contribution in [2.24, 2.45) is 0 Å². The zero-order valence-electron chi connectivity index (χ0n) is 19.7. The van der Waals surface area contributed by atoms with Crippen LogP contribution in [-0.2, 0) is 11.8 Å². The number of nitrogens with zero attached hydrogens (tertiary/aromatic N) is 4. The fourth-order valence-electron chi connectivity index (χ4n) is 4.72. The molecule has 3 aromatic carbocycles. The van der Waals surface area contributed by atoms with Crippen LogP contribution in [0.25, 0.3) is 27.6 Å². The molecule has 0 saturated heterocycles. The third-order valence-corrected chi connectivity index (χ3v) is 8.98. The lowest BCUT2D eigenvalue weighted by Crippen LogP contribution is -2.08. The van der Waals surface area contributed by atoms with Gasteiger partial charge in [0.1, 0.15) is 16.5 Å². The third-order valence-electron chi connectivity index (χ3n) is 6.78. The SMILES string of the molecule is CCc1c(-c2nnc(C3(c4ccc(F)cc4)CC3)s2)nn(-c2ccc(Cl)cc2Cl)c1-c1ccc(Br)cc1. The molecule has 5 aromatic rings. The van der Waals surface area contributed by atoms with Crippen LogP contribution in [0.3, 0.4) is 0 Å². The Balaban J connectivity index is 1.51. The zero-order chi connectivity index (χ0) is 25.7. The second-order valence-electron chi connectivity index (χ2n) is 9.05. The molecule has 6 rings (SSSR count). The van der Waals surface area contributed by atoms with Gasteiger partial charge in [0.15, 0.2) is 5.01 Å². The highest BCUT2D eigenvalue weighted by Gasteiger charge is 2.49. The van der Waals surface area contributed by atoms with Crippen LogP contribution in [0, 0.1) is 5.82 Å². The number of hydrogen-bond donors (Lipinski definition) is 0. The van der Waals surface area contributed by atoms with E-state index in [0.29, 0.717) is 10.0 Å². The average Bonchev–Trinajstić information content (AvgIpc) is 3.38. The largest absolute Gasteiger partial charge is 0.231 e. The van der Waals surface area contributed by atoms with Gasteiger partial charge in [-0.3, -0.25) is 0 Å². The molecule has 9 heteroatoms. The van der Waals surface area contributed by atoms with Crippen LogP contribution in [0.1, 0.15) is 35.9 Å². The maximum Gasteiger partial charge on any atom is 0.168 e. The molecular weight excluding hydrogens is 594 g/mol. The maximum absolute atomic E-state index is 13.5. The highest BCUT2D eigenvalue weighted by atomic mass is 79.9. The molecule has 1 saturated carbocycles. The number of halogens is 4. The minimum Gasteiger partial charge on any atom is -0.231 e. The van der Waals surface area contributed by atoms with Gasteiger partial charge in [-0.25, -0.2) is 9.07 Å². The van der Waals surface area contributed by atoms with E-state index in [4.69, 9.17) is 28.3 Å². The molecule has 0 unspecified atom stereocenters. The van der Waals surface area contributed by atoms with Crippen molar-refractivity contribution in [2.75, 3.05) is 0 Å². The van der Waals surface area contributed by atoms with E-state index in [2.05, 4.69) is 45.2 Å². The maximum atomic E-state index is 13.5. The van der Waals surface area contributed by atoms with Crippen LogP contribution in [0.5, 0.6) is 0 Å². The molecule has 37 heavy (non-hydrogen) atoms. The van der Waals surface area contributed by atoms with Gasteiger partial charge in [-0.1, -0.05) is 81.7 Å². The molecule has 0 atom stereocenters. The molecule has 0 radical (unpaired) electrons. The first kappa shape index (κ1) is 24.7. The van der Waals surface area contributed by atoms with Gasteiger partial charge in [-0.15, -0.1) is 10.2 Å². The van der Waals surface area contributed by atoms with E-state index in [1.54, 1.807) is 17.4 Å². The molecule has 0 spiro atoms. The van der Waals surface area contributed by atoms with E-state index in [9.17, 15) is 4.39 Å². The summed E-state index contributed by atoms with van der Waals surface area (Å²) < 4.78 is 16.4. The molecule has 186 valence electrons. The lowest BCUT2D eigenvalue weighted by molar-refractivity contribution is 0.626. The number of rotatable bonds is 6. The van der Waals surface area contributed by atoms with Crippen LogP contribution in [-0.4, -0.2) is 20.0 Å². The predicted octanol–water partition coefficient (Wildman–Crippen LogP) is 8.91. The second kappa shape index (κ2) is 9.62. The Morgan fingerprint density at radius 3 is 2.38 bits per heavy atom. The Bertz CT molecular complexity index is 1610. The van der Waals surface area contributed by atoms with E-state index in [-0.39, 0.29) is 11.2 Å². The van der Waals surface area contributed by atoms with E-state index in [1.165, 1.54) is 12.1 Å². The lowest BCUT2D eigenvalue weighted by atomic mass is 9.97. The quantitative estimate of drug-likeness (QED) is 0.192. The molecule has 0 N–H and O–H groups in total. The minimum atomic E-state index is -0.239. The monoisotopic (exact) mass is 612 g/mol. The van der Waals surface area contributed by atoms with Crippen molar-refractivity contribution < 1.29 is 4.39 Å². The standard InChI is InChI=1S/C28H20BrCl2FN4S/c1-2-21-24(26-33-34-27(37-26)28(13-14-28)17-5-10-20(32)11-6-17)35-36(23-12-9-19(30)15-22(23)31)25(21)16-3-7-18(29)8-4-16/h3-12,15H,2,13-14H2,1H3. The first-order valence-electron chi connectivity index (χ1n) is 11.8. The average molecular weight is 614 g/mol. The van der Waals surface area contributed by atoms with Crippen molar-refractivity contribution in [3.8, 4) is 27.6 Å². The summed E-state index contributed by atoms with van der Waals surface area (Å²) in [6, 6.07) is 20.3. The Kier molecular flexibility index (Phi) is 6.43. The highest BCUT2D eigenvalue weighted by molar-refractivity contribution is 9.10. The van der Waals surface area contributed by atoms with Crippen LogP contribution in [0.15, 0.2) is 71.2 Å². The van der Waals surface area contributed by atoms with Gasteiger partial charge in [0, 0.05) is 26.0 Å². The summed E-state index contributed by atoms with van der Waals surface area (Å²) in [7, 11) is 0. The third kappa shape index (κ3) is 4.42. The summed E-state index contributed by atoms with van der Waals surface area (Å²) in [4.78, 5) is 0. The van der Waals surface area contributed by atoms with Crippen molar-refractivity contribution in [2.45, 2.75) is 31.6 Å². The summed E-state index contributed by atoms with van der Waals surface area (Å²) in [5.41, 5.74) is 5.41. The summed E-state index contributed by atoms with van der Waals surface area (Å²) in [6.45, 7) is 2.11. The predicted molar refractivity (Wildman–Crippen MR) is 151 cm³/mol. The van der Waals surface area contributed by atoms with Crippen molar-refractivity contribution in [1.82, 2.24) is 20.0 Å². The Morgan fingerprint density at radius 2 is 1.73 bits per heavy atom. The summed E-state index contributed by atoms with van der Waals surface area (Å²) >= 11 is 17.9. The number of aromatic nitrogens is 4. The van der Waals surface area contributed by atoms with E-state index in [1.807, 2.05) is 41.1 Å². The van der Waals surface area contributed by atoms with Gasteiger partial charge in [-0.2, -0.15) is 5.10 Å². The van der Waals surface area contributed by atoms with Gasteiger partial charge in [0.05, 0.1) is 16.4 Å². The first-order valence-corrected chi connectivity index (χ1v) is 14.2. The second-order valence-corrected chi connectivity index (χ2v) is 11.8. The fourth-order valence-corrected chi connectivity index (χ4v) is 6.60. The molecule has 1 fully saturated rings. The Labute approximate surface area is 236 Å². The lowest BCUT2D eigenvalue weighted by Gasteiger charge is -2.11. The smallest absolute Gasteiger partial charge is 0.168 e. The van der Waals surface area contributed by atoms with Gasteiger partial charge in [0.25, 0.3) is 0 Å². The molecule has 0 bridgehead atoms. The van der Waals surface area contributed by atoms with Gasteiger partial charge >= 0.3 is 0 Å². The van der Waals surface area contributed by atoms with Crippen molar-refractivity contribution in [1.29, 1.82) is 0 Å². The van der Waals surface area contributed by atoms with Crippen molar-refractivity contribution in [3.63, 3.8) is 0 Å². The normalized spacial score (nSPS) is 14.2. The number of benzene rings is 3. The highest BCUT2D eigenvalue weighted by Crippen LogP contribution is 2.55. The summed E-state index contributed by atoms with van der Waals surface area (Å²) in [5, 5.41) is 17.0. The Morgan fingerprint density at radius 1 is 1.00 bits per heavy atom. The van der Waals surface area contributed by atoms with Crippen LogP contribution in [0.4, 0.5) is 4.39 Å². The van der Waals surface area contributed by atoms with Gasteiger partial charge < -0.3 is 0 Å². The molecule has 4 nitrogen and oxygen atoms in total. The van der Waals surface area contributed by atoms with E-state index >= 15 is 0 Å². The van der Waals surface area contributed by atoms with Crippen LogP contribution in [0.2, 0.25) is 10.0 Å². The molecular formula is C28H20BrCl2FN4S. The van der Waals surface area contributed by atoms with Crippen molar-refractivity contribution >= 4 is 50.5 Å². The molecule has 1 aliphatic carbocycles. The number of hydrogen-bond acceptors (Lipinski definition) is 4. The molecule has 2 aromatic heterocycles. The van der Waals surface area contributed by atoms with E-state index < -0.39 is 0 Å². The van der Waals surface area contributed by atoms with Crippen molar-refractivity contribution in [3.05, 3.63) is 103 Å². The summed E-state index contributed by atoms with van der Waals surface area (Å²) in [5.74, 6) is -0.239. The van der Waals surface area contributed by atoms with E-state index in [0.717, 1.165) is 67.5 Å². The molecule has 0 aliphatic heterocycles. The fraction of sp³-hybridized carbons (Fsp3) is 0.179. The zero-order valence-corrected chi connectivity index (χ0v) is 23.6. The topological polar surface area (TPSA) is 43.6 Å². The van der Waals surface area contributed by atoms with Gasteiger partial charge in [-0.05, 0) is 67.3 Å². The first-order chi connectivity index (χ1) is 17.9. The molecule has 1 aliphatic rings. The van der Waals surface area contributed by atoms with Crippen LogP contribution >= 0.6 is 50.5 Å². The summed E-state index contributed by atoms with van der Waals surface area (Å²) in [6.07, 6.45) is 2.67. The Hall–Kier alpha value is -2.58. The minimum absolute atomic E-state index is 0.202. The van der Waals surface area contributed by atoms with Gasteiger partial charge in [0.2, 0.25) is 0 Å². The van der Waals surface area contributed by atoms with Crippen LogP contribution < -0.4 is 0 Å². The molecule has 0 amide bonds.